The van der Waals surface area contributed by atoms with Crippen molar-refractivity contribution in [1.29, 1.82) is 0 Å². The molecule has 4 rings (SSSR count). The van der Waals surface area contributed by atoms with Crippen molar-refractivity contribution >= 4 is 28.5 Å². The average molecular weight is 445 g/mol. The third-order valence-electron chi connectivity index (χ3n) is 7.12. The molecule has 1 amide bonds. The normalized spacial score (nSPS) is 15.7. The second-order valence-electron chi connectivity index (χ2n) is 9.70. The first kappa shape index (κ1) is 23.0. The van der Waals surface area contributed by atoms with Gasteiger partial charge in [-0.15, -0.1) is 0 Å². The number of aromatic nitrogens is 1. The molecule has 1 aliphatic rings. The number of pyridine rings is 1. The number of carbonyl (C=O) groups excluding carboxylic acids is 2. The monoisotopic (exact) mass is 444 g/mol. The molecule has 5 nitrogen and oxygen atoms in total. The lowest BCUT2D eigenvalue weighted by atomic mass is 9.68. The molecular weight excluding hydrogens is 412 g/mol. The molecule has 0 saturated carbocycles. The number of anilines is 1. The first-order chi connectivity index (χ1) is 15.8. The van der Waals surface area contributed by atoms with Gasteiger partial charge in [0.25, 0.3) is 5.91 Å². The van der Waals surface area contributed by atoms with Crippen LogP contribution in [0.3, 0.4) is 0 Å². The molecule has 0 saturated heterocycles. The smallest absolute Gasteiger partial charge is 0.339 e. The molecule has 5 heteroatoms. The number of benzene rings is 2. The number of esters is 1. The van der Waals surface area contributed by atoms with E-state index < -0.39 is 5.97 Å². The highest BCUT2D eigenvalue weighted by Crippen LogP contribution is 2.41. The molecule has 33 heavy (non-hydrogen) atoms. The first-order valence-electron chi connectivity index (χ1n) is 11.7. The third kappa shape index (κ3) is 4.92. The second-order valence-corrected chi connectivity index (χ2v) is 9.70. The van der Waals surface area contributed by atoms with Gasteiger partial charge in [-0.2, -0.15) is 0 Å². The molecule has 0 aliphatic heterocycles. The molecule has 0 radical (unpaired) electrons. The minimum absolute atomic E-state index is 0.179. The van der Waals surface area contributed by atoms with E-state index in [0.717, 1.165) is 53.4 Å². The Kier molecular flexibility index (Phi) is 6.50. The average Bonchev–Trinajstić information content (AvgIpc) is 2.80. The van der Waals surface area contributed by atoms with Gasteiger partial charge in [0.15, 0.2) is 6.61 Å². The van der Waals surface area contributed by atoms with Crippen molar-refractivity contribution < 1.29 is 14.3 Å². The molecule has 1 atom stereocenters. The fourth-order valence-electron chi connectivity index (χ4n) is 4.70. The highest BCUT2D eigenvalue weighted by molar-refractivity contribution is 6.06. The van der Waals surface area contributed by atoms with Crippen molar-refractivity contribution in [3.63, 3.8) is 0 Å². The SMILES string of the molecule is CCC(C)(C)C1CCc2nc3ccccc3c(C(=O)OCC(=O)Nc3cccc(C)c3)c2C1. The maximum absolute atomic E-state index is 13.3. The molecule has 2 aromatic carbocycles. The van der Waals surface area contributed by atoms with Gasteiger partial charge in [0.05, 0.1) is 11.1 Å². The number of hydrogen-bond donors (Lipinski definition) is 1. The fraction of sp³-hybridized carbons (Fsp3) is 0.393. The summed E-state index contributed by atoms with van der Waals surface area (Å²) >= 11 is 0. The van der Waals surface area contributed by atoms with E-state index in [2.05, 4.69) is 26.1 Å². The van der Waals surface area contributed by atoms with Crippen LogP contribution < -0.4 is 5.32 Å². The molecule has 0 spiro atoms. The number of nitrogens with one attached hydrogen (secondary N) is 1. The number of fused-ring (bicyclic) bond motifs is 2. The Balaban J connectivity index is 1.60. The summed E-state index contributed by atoms with van der Waals surface area (Å²) in [4.78, 5) is 30.6. The Morgan fingerprint density at radius 1 is 1.15 bits per heavy atom. The van der Waals surface area contributed by atoms with E-state index in [9.17, 15) is 9.59 Å². The van der Waals surface area contributed by atoms with E-state index in [1.54, 1.807) is 0 Å². The van der Waals surface area contributed by atoms with Gasteiger partial charge in [0.2, 0.25) is 0 Å². The van der Waals surface area contributed by atoms with Crippen LogP contribution in [0.15, 0.2) is 48.5 Å². The van der Waals surface area contributed by atoms with Crippen LogP contribution in [0, 0.1) is 18.3 Å². The Hall–Kier alpha value is -3.21. The van der Waals surface area contributed by atoms with Crippen LogP contribution in [0.2, 0.25) is 0 Å². The quantitative estimate of drug-likeness (QED) is 0.482. The summed E-state index contributed by atoms with van der Waals surface area (Å²) in [6.45, 7) is 8.44. The number of para-hydroxylation sites is 1. The molecule has 1 aromatic heterocycles. The van der Waals surface area contributed by atoms with Gasteiger partial charge in [0, 0.05) is 16.8 Å². The predicted octanol–water partition coefficient (Wildman–Crippen LogP) is 5.88. The number of nitrogens with zero attached hydrogens (tertiary/aromatic N) is 1. The van der Waals surface area contributed by atoms with Crippen molar-refractivity contribution in [2.24, 2.45) is 11.3 Å². The van der Waals surface area contributed by atoms with Crippen LogP contribution in [0.4, 0.5) is 5.69 Å². The van der Waals surface area contributed by atoms with Crippen molar-refractivity contribution in [3.05, 3.63) is 70.9 Å². The van der Waals surface area contributed by atoms with Crippen LogP contribution in [-0.2, 0) is 22.4 Å². The van der Waals surface area contributed by atoms with Gasteiger partial charge in [0.1, 0.15) is 0 Å². The van der Waals surface area contributed by atoms with Gasteiger partial charge >= 0.3 is 5.97 Å². The summed E-state index contributed by atoms with van der Waals surface area (Å²) in [6.07, 6.45) is 3.79. The summed E-state index contributed by atoms with van der Waals surface area (Å²) in [5.41, 5.74) is 5.23. The first-order valence-corrected chi connectivity index (χ1v) is 11.7. The molecular formula is C28H32N2O3. The zero-order chi connectivity index (χ0) is 23.6. The lowest BCUT2D eigenvalue weighted by Crippen LogP contribution is -2.31. The third-order valence-corrected chi connectivity index (χ3v) is 7.12. The topological polar surface area (TPSA) is 68.3 Å². The molecule has 1 unspecified atom stereocenters. The van der Waals surface area contributed by atoms with Gasteiger partial charge in [-0.05, 0) is 66.8 Å². The summed E-state index contributed by atoms with van der Waals surface area (Å²) in [6, 6.07) is 15.2. The number of ether oxygens (including phenoxy) is 1. The van der Waals surface area contributed by atoms with Crippen LogP contribution >= 0.6 is 0 Å². The predicted molar refractivity (Wildman–Crippen MR) is 131 cm³/mol. The maximum Gasteiger partial charge on any atom is 0.339 e. The van der Waals surface area contributed by atoms with Crippen molar-refractivity contribution in [1.82, 2.24) is 4.98 Å². The largest absolute Gasteiger partial charge is 0.452 e. The van der Waals surface area contributed by atoms with E-state index in [0.29, 0.717) is 17.2 Å². The molecule has 3 aromatic rings. The maximum atomic E-state index is 13.3. The lowest BCUT2D eigenvalue weighted by molar-refractivity contribution is -0.119. The minimum atomic E-state index is -0.459. The van der Waals surface area contributed by atoms with Gasteiger partial charge in [-0.25, -0.2) is 4.79 Å². The standard InChI is InChI=1S/C28H32N2O3/c1-5-28(3,4)19-13-14-24-22(16-19)26(21-11-6-7-12-23(21)30-24)27(32)33-17-25(31)29-20-10-8-9-18(2)15-20/h6-12,15,19H,5,13-14,16-17H2,1-4H3,(H,29,31). The zero-order valence-electron chi connectivity index (χ0n) is 19.9. The lowest BCUT2D eigenvalue weighted by Gasteiger charge is -2.37. The van der Waals surface area contributed by atoms with Crippen LogP contribution in [0.1, 0.15) is 60.8 Å². The highest BCUT2D eigenvalue weighted by Gasteiger charge is 2.34. The number of hydrogen-bond acceptors (Lipinski definition) is 4. The van der Waals surface area contributed by atoms with E-state index in [1.165, 1.54) is 0 Å². The molecule has 0 fully saturated rings. The van der Waals surface area contributed by atoms with Gasteiger partial charge in [-0.1, -0.05) is 57.5 Å². The Labute approximate surface area is 195 Å². The zero-order valence-corrected chi connectivity index (χ0v) is 19.9. The number of aryl methyl sites for hydroxylation is 2. The molecule has 1 heterocycles. The van der Waals surface area contributed by atoms with E-state index >= 15 is 0 Å². The Bertz CT molecular complexity index is 1200. The number of rotatable bonds is 6. The number of amides is 1. The van der Waals surface area contributed by atoms with E-state index in [-0.39, 0.29) is 17.9 Å². The summed E-state index contributed by atoms with van der Waals surface area (Å²) in [5.74, 6) is -0.348. The fourth-order valence-corrected chi connectivity index (χ4v) is 4.70. The highest BCUT2D eigenvalue weighted by atomic mass is 16.5. The Morgan fingerprint density at radius 3 is 2.70 bits per heavy atom. The van der Waals surface area contributed by atoms with Crippen molar-refractivity contribution in [2.45, 2.75) is 53.4 Å². The Morgan fingerprint density at radius 2 is 1.94 bits per heavy atom. The van der Waals surface area contributed by atoms with Gasteiger partial charge < -0.3 is 10.1 Å². The van der Waals surface area contributed by atoms with Crippen LogP contribution in [0.25, 0.3) is 10.9 Å². The minimum Gasteiger partial charge on any atom is -0.452 e. The molecule has 172 valence electrons. The van der Waals surface area contributed by atoms with Crippen molar-refractivity contribution in [3.8, 4) is 0 Å². The van der Waals surface area contributed by atoms with E-state index in [1.807, 2.05) is 55.5 Å². The van der Waals surface area contributed by atoms with E-state index in [4.69, 9.17) is 9.72 Å². The molecule has 0 bridgehead atoms. The van der Waals surface area contributed by atoms with Crippen LogP contribution in [-0.4, -0.2) is 23.5 Å². The molecule has 1 aliphatic carbocycles. The second kappa shape index (κ2) is 9.34. The summed E-state index contributed by atoms with van der Waals surface area (Å²) < 4.78 is 5.53. The van der Waals surface area contributed by atoms with Crippen LogP contribution in [0.5, 0.6) is 0 Å². The van der Waals surface area contributed by atoms with Crippen molar-refractivity contribution in [2.75, 3.05) is 11.9 Å². The summed E-state index contributed by atoms with van der Waals surface area (Å²) in [7, 11) is 0. The summed E-state index contributed by atoms with van der Waals surface area (Å²) in [5, 5.41) is 3.58. The molecule has 1 N–H and O–H groups in total. The van der Waals surface area contributed by atoms with Gasteiger partial charge in [-0.3, -0.25) is 9.78 Å². The number of carbonyl (C=O) groups is 2.